The predicted molar refractivity (Wildman–Crippen MR) is 86.6 cm³/mol. The van der Waals surface area contributed by atoms with Gasteiger partial charge in [-0.1, -0.05) is 54.1 Å². The molecule has 0 spiro atoms. The van der Waals surface area contributed by atoms with E-state index in [0.29, 0.717) is 21.0 Å². The van der Waals surface area contributed by atoms with Gasteiger partial charge in [-0.3, -0.25) is 14.5 Å². The molecule has 0 aliphatic carbocycles. The van der Waals surface area contributed by atoms with E-state index in [0.717, 1.165) is 0 Å². The molecule has 1 atom stereocenters. The number of carbonyl (C=O) groups is 3. The molecule has 1 aliphatic heterocycles. The van der Waals surface area contributed by atoms with Crippen LogP contribution in [0.5, 0.6) is 0 Å². The lowest BCUT2D eigenvalue weighted by Crippen LogP contribution is -2.45. The van der Waals surface area contributed by atoms with Gasteiger partial charge in [0.15, 0.2) is 5.54 Å². The maximum atomic E-state index is 13.0. The maximum absolute atomic E-state index is 13.0. The van der Waals surface area contributed by atoms with Crippen LogP contribution >= 0.6 is 11.6 Å². The molecule has 1 heterocycles. The average Bonchev–Trinajstić information content (AvgIpc) is 2.81. The number of aliphatic carboxylic acids is 1. The van der Waals surface area contributed by atoms with Crippen LogP contribution in [0.4, 0.5) is 4.79 Å². The van der Waals surface area contributed by atoms with Crippen LogP contribution in [0.15, 0.2) is 54.6 Å². The summed E-state index contributed by atoms with van der Waals surface area (Å²) in [6.45, 7) is -0.709. The summed E-state index contributed by atoms with van der Waals surface area (Å²) >= 11 is 6.05. The molecule has 24 heavy (non-hydrogen) atoms. The molecule has 1 saturated heterocycles. The molecule has 0 bridgehead atoms. The topological polar surface area (TPSA) is 86.7 Å². The van der Waals surface area contributed by atoms with Gasteiger partial charge in [-0.05, 0) is 23.3 Å². The first-order valence-electron chi connectivity index (χ1n) is 7.12. The van der Waals surface area contributed by atoms with Gasteiger partial charge in [0.05, 0.1) is 0 Å². The molecule has 7 heteroatoms. The Labute approximate surface area is 142 Å². The van der Waals surface area contributed by atoms with Crippen molar-refractivity contribution in [1.29, 1.82) is 0 Å². The van der Waals surface area contributed by atoms with E-state index in [1.807, 2.05) is 0 Å². The number of halogens is 1. The summed E-state index contributed by atoms with van der Waals surface area (Å²) in [5.41, 5.74) is -0.510. The number of carboxylic acid groups (broad SMARTS) is 1. The number of nitrogens with one attached hydrogen (secondary N) is 1. The van der Waals surface area contributed by atoms with Crippen LogP contribution in [0.1, 0.15) is 11.1 Å². The highest BCUT2D eigenvalue weighted by atomic mass is 35.5. The van der Waals surface area contributed by atoms with E-state index in [2.05, 4.69) is 5.32 Å². The highest BCUT2D eigenvalue weighted by molar-refractivity contribution is 6.30. The summed E-state index contributed by atoms with van der Waals surface area (Å²) < 4.78 is 0. The van der Waals surface area contributed by atoms with E-state index >= 15 is 0 Å². The fourth-order valence-electron chi connectivity index (χ4n) is 2.82. The minimum Gasteiger partial charge on any atom is -0.480 e. The van der Waals surface area contributed by atoms with Crippen molar-refractivity contribution in [3.63, 3.8) is 0 Å². The highest BCUT2D eigenvalue weighted by Crippen LogP contribution is 2.36. The summed E-state index contributed by atoms with van der Waals surface area (Å²) in [5.74, 6) is -1.92. The third kappa shape index (κ3) is 2.51. The van der Waals surface area contributed by atoms with Crippen LogP contribution in [0.3, 0.4) is 0 Å². The fourth-order valence-corrected chi connectivity index (χ4v) is 3.01. The van der Waals surface area contributed by atoms with E-state index in [1.54, 1.807) is 54.6 Å². The summed E-state index contributed by atoms with van der Waals surface area (Å²) in [6.07, 6.45) is 0. The van der Waals surface area contributed by atoms with E-state index in [-0.39, 0.29) is 0 Å². The van der Waals surface area contributed by atoms with Gasteiger partial charge in [-0.2, -0.15) is 0 Å². The molecular weight excluding hydrogens is 332 g/mol. The van der Waals surface area contributed by atoms with Gasteiger partial charge >= 0.3 is 12.0 Å². The smallest absolute Gasteiger partial charge is 0.326 e. The molecule has 2 aromatic carbocycles. The van der Waals surface area contributed by atoms with Gasteiger partial charge < -0.3 is 10.4 Å². The number of imide groups is 1. The zero-order chi connectivity index (χ0) is 17.3. The summed E-state index contributed by atoms with van der Waals surface area (Å²) in [7, 11) is 0. The Hall–Kier alpha value is -2.86. The van der Waals surface area contributed by atoms with Crippen molar-refractivity contribution in [2.24, 2.45) is 0 Å². The second-order valence-corrected chi connectivity index (χ2v) is 5.78. The minimum atomic E-state index is -1.50. The molecule has 6 nitrogen and oxygen atoms in total. The second-order valence-electron chi connectivity index (χ2n) is 5.34. The molecule has 3 rings (SSSR count). The average molecular weight is 345 g/mol. The van der Waals surface area contributed by atoms with Crippen molar-refractivity contribution in [2.45, 2.75) is 5.54 Å². The van der Waals surface area contributed by atoms with Gasteiger partial charge in [-0.25, -0.2) is 4.79 Å². The van der Waals surface area contributed by atoms with E-state index in [9.17, 15) is 14.4 Å². The normalized spacial score (nSPS) is 20.1. The van der Waals surface area contributed by atoms with Crippen molar-refractivity contribution in [1.82, 2.24) is 10.2 Å². The molecule has 0 radical (unpaired) electrons. The predicted octanol–water partition coefficient (Wildman–Crippen LogP) is 2.22. The van der Waals surface area contributed by atoms with Crippen LogP contribution in [-0.4, -0.2) is 34.5 Å². The van der Waals surface area contributed by atoms with Crippen molar-refractivity contribution in [2.75, 3.05) is 6.54 Å². The van der Waals surface area contributed by atoms with Gasteiger partial charge in [-0.15, -0.1) is 0 Å². The van der Waals surface area contributed by atoms with Crippen LogP contribution in [0.2, 0.25) is 5.02 Å². The standard InChI is InChI=1S/C17H13ClN2O4/c18-13-8-4-7-12(9-13)17(11-5-2-1-3-6-11)15(23)20(10-14(21)22)16(24)19-17/h1-9H,10H2,(H,19,24)(H,21,22). The fraction of sp³-hybridized carbons (Fsp3) is 0.118. The Morgan fingerprint density at radius 1 is 1.08 bits per heavy atom. The number of amides is 3. The largest absolute Gasteiger partial charge is 0.480 e. The van der Waals surface area contributed by atoms with Crippen molar-refractivity contribution in [3.8, 4) is 0 Å². The molecule has 2 aromatic rings. The molecular formula is C17H13ClN2O4. The Bertz CT molecular complexity index is 824. The van der Waals surface area contributed by atoms with Gasteiger partial charge in [0.25, 0.3) is 5.91 Å². The molecule has 122 valence electrons. The lowest BCUT2D eigenvalue weighted by Gasteiger charge is -2.28. The van der Waals surface area contributed by atoms with E-state index < -0.39 is 30.0 Å². The first-order valence-corrected chi connectivity index (χ1v) is 7.50. The molecule has 1 fully saturated rings. The van der Waals surface area contributed by atoms with Gasteiger partial charge in [0.1, 0.15) is 6.54 Å². The highest BCUT2D eigenvalue weighted by Gasteiger charge is 2.54. The summed E-state index contributed by atoms with van der Waals surface area (Å²) in [5, 5.41) is 12.0. The molecule has 0 saturated carbocycles. The summed E-state index contributed by atoms with van der Waals surface area (Å²) in [4.78, 5) is 37.0. The van der Waals surface area contributed by atoms with Crippen LogP contribution in [-0.2, 0) is 15.1 Å². The zero-order valence-corrected chi connectivity index (χ0v) is 13.2. The van der Waals surface area contributed by atoms with Crippen LogP contribution in [0.25, 0.3) is 0 Å². The SMILES string of the molecule is O=C(O)CN1C(=O)NC(c2ccccc2)(c2cccc(Cl)c2)C1=O. The van der Waals surface area contributed by atoms with Gasteiger partial charge in [0.2, 0.25) is 0 Å². The molecule has 1 unspecified atom stereocenters. The number of urea groups is 1. The number of nitrogens with zero attached hydrogens (tertiary/aromatic N) is 1. The third-order valence-corrected chi connectivity index (χ3v) is 4.10. The molecule has 3 amide bonds. The third-order valence-electron chi connectivity index (χ3n) is 3.86. The number of rotatable bonds is 4. The number of benzene rings is 2. The number of carboxylic acids is 1. The second kappa shape index (κ2) is 5.98. The lowest BCUT2D eigenvalue weighted by molar-refractivity contribution is -0.142. The van der Waals surface area contributed by atoms with E-state index in [4.69, 9.17) is 16.7 Å². The van der Waals surface area contributed by atoms with Crippen molar-refractivity contribution in [3.05, 3.63) is 70.7 Å². The lowest BCUT2D eigenvalue weighted by atomic mass is 9.82. The van der Waals surface area contributed by atoms with Crippen molar-refractivity contribution < 1.29 is 19.5 Å². The first kappa shape index (κ1) is 16.0. The first-order chi connectivity index (χ1) is 11.4. The Morgan fingerprint density at radius 3 is 2.38 bits per heavy atom. The summed E-state index contributed by atoms with van der Waals surface area (Å²) in [6, 6.07) is 14.5. The number of carbonyl (C=O) groups excluding carboxylic acids is 2. The Balaban J connectivity index is 2.20. The molecule has 2 N–H and O–H groups in total. The quantitative estimate of drug-likeness (QED) is 0.833. The number of hydrogen-bond acceptors (Lipinski definition) is 3. The maximum Gasteiger partial charge on any atom is 0.326 e. The Morgan fingerprint density at radius 2 is 1.75 bits per heavy atom. The molecule has 1 aliphatic rings. The van der Waals surface area contributed by atoms with Crippen LogP contribution in [0, 0.1) is 0 Å². The van der Waals surface area contributed by atoms with E-state index in [1.165, 1.54) is 0 Å². The Kier molecular flexibility index (Phi) is 3.99. The van der Waals surface area contributed by atoms with Crippen molar-refractivity contribution >= 4 is 29.5 Å². The minimum absolute atomic E-state index is 0.404. The molecule has 0 aromatic heterocycles. The van der Waals surface area contributed by atoms with Crippen LogP contribution < -0.4 is 5.32 Å². The zero-order valence-electron chi connectivity index (χ0n) is 12.4. The monoisotopic (exact) mass is 344 g/mol. The van der Waals surface area contributed by atoms with Gasteiger partial charge in [0, 0.05) is 5.02 Å². The number of hydrogen-bond donors (Lipinski definition) is 2.